The molecule has 2 unspecified atom stereocenters. The van der Waals surface area contributed by atoms with Gasteiger partial charge in [-0.1, -0.05) is 19.9 Å². The first-order chi connectivity index (χ1) is 17.0. The number of hydrogen-bond acceptors (Lipinski definition) is 11. The molecule has 3 atom stereocenters. The van der Waals surface area contributed by atoms with Crippen LogP contribution in [-0.4, -0.2) is 61.5 Å². The molecule has 12 nitrogen and oxygen atoms in total. The Morgan fingerprint density at radius 1 is 0.889 bits per heavy atom. The maximum atomic E-state index is 12.0. The van der Waals surface area contributed by atoms with Crippen molar-refractivity contribution in [2.75, 3.05) is 19.8 Å². The van der Waals surface area contributed by atoms with E-state index in [-0.39, 0.29) is 37.7 Å². The summed E-state index contributed by atoms with van der Waals surface area (Å²) in [5.41, 5.74) is 6.26. The molecule has 1 aromatic rings. The number of carboxylic acids is 1. The van der Waals surface area contributed by atoms with Gasteiger partial charge in [0.25, 0.3) is 0 Å². The average molecular weight is 514 g/mol. The SMILES string of the molecule is CCOC(=O)Oc1ccc(C(CC(C)OC(=O)OCCC(C)C)[C@H](N)C(=O)O)cc1OC(=O)OCC. The van der Waals surface area contributed by atoms with Crippen LogP contribution in [0.3, 0.4) is 0 Å². The fourth-order valence-electron chi connectivity index (χ4n) is 3.04. The van der Waals surface area contributed by atoms with Crippen LogP contribution in [0.25, 0.3) is 0 Å². The van der Waals surface area contributed by atoms with E-state index >= 15 is 0 Å². The Hall–Kier alpha value is -3.54. The summed E-state index contributed by atoms with van der Waals surface area (Å²) in [4.78, 5) is 47.4. The number of rotatable bonds is 13. The molecule has 0 radical (unpaired) electrons. The molecule has 0 fully saturated rings. The van der Waals surface area contributed by atoms with Crippen molar-refractivity contribution in [3.8, 4) is 11.5 Å². The zero-order valence-corrected chi connectivity index (χ0v) is 21.2. The summed E-state index contributed by atoms with van der Waals surface area (Å²) >= 11 is 0. The largest absolute Gasteiger partial charge is 0.513 e. The molecule has 0 spiro atoms. The average Bonchev–Trinajstić information content (AvgIpc) is 2.78. The van der Waals surface area contributed by atoms with E-state index in [2.05, 4.69) is 0 Å². The maximum Gasteiger partial charge on any atom is 0.513 e. The Balaban J connectivity index is 3.17. The fraction of sp³-hybridized carbons (Fsp3) is 0.583. The van der Waals surface area contributed by atoms with Gasteiger partial charge < -0.3 is 39.3 Å². The van der Waals surface area contributed by atoms with E-state index in [0.29, 0.717) is 17.9 Å². The summed E-state index contributed by atoms with van der Waals surface area (Å²) in [5, 5.41) is 9.55. The number of benzene rings is 1. The lowest BCUT2D eigenvalue weighted by Gasteiger charge is -2.25. The van der Waals surface area contributed by atoms with Crippen LogP contribution in [0.5, 0.6) is 11.5 Å². The first-order valence-electron chi connectivity index (χ1n) is 11.6. The Bertz CT molecular complexity index is 887. The monoisotopic (exact) mass is 513 g/mol. The van der Waals surface area contributed by atoms with Gasteiger partial charge in [0.1, 0.15) is 12.1 Å². The molecular formula is C24H35NO11. The molecule has 0 heterocycles. The van der Waals surface area contributed by atoms with Crippen LogP contribution in [-0.2, 0) is 23.7 Å². The van der Waals surface area contributed by atoms with Crippen molar-refractivity contribution in [2.45, 2.75) is 65.5 Å². The van der Waals surface area contributed by atoms with Crippen molar-refractivity contribution < 1.29 is 52.7 Å². The number of carbonyl (C=O) groups excluding carboxylic acids is 3. The molecule has 0 bridgehead atoms. The second-order valence-corrected chi connectivity index (χ2v) is 8.19. The third-order valence-electron chi connectivity index (χ3n) is 4.82. The predicted molar refractivity (Wildman–Crippen MR) is 126 cm³/mol. The fourth-order valence-corrected chi connectivity index (χ4v) is 3.04. The van der Waals surface area contributed by atoms with Crippen LogP contribution >= 0.6 is 0 Å². The van der Waals surface area contributed by atoms with Crippen molar-refractivity contribution in [1.82, 2.24) is 0 Å². The van der Waals surface area contributed by atoms with E-state index in [1.807, 2.05) is 13.8 Å². The van der Waals surface area contributed by atoms with Crippen molar-refractivity contribution in [2.24, 2.45) is 11.7 Å². The number of carboxylic acid groups (broad SMARTS) is 1. The second-order valence-electron chi connectivity index (χ2n) is 8.19. The first-order valence-corrected chi connectivity index (χ1v) is 11.6. The topological polar surface area (TPSA) is 170 Å². The maximum absolute atomic E-state index is 12.0. The highest BCUT2D eigenvalue weighted by Crippen LogP contribution is 2.35. The minimum atomic E-state index is -1.40. The van der Waals surface area contributed by atoms with Gasteiger partial charge in [-0.2, -0.15) is 0 Å². The van der Waals surface area contributed by atoms with E-state index in [1.54, 1.807) is 20.8 Å². The minimum absolute atomic E-state index is 0.00364. The van der Waals surface area contributed by atoms with Gasteiger partial charge in [0.15, 0.2) is 11.5 Å². The van der Waals surface area contributed by atoms with Crippen molar-refractivity contribution in [3.05, 3.63) is 23.8 Å². The first kappa shape index (κ1) is 30.5. The summed E-state index contributed by atoms with van der Waals surface area (Å²) in [6.07, 6.45) is -3.07. The van der Waals surface area contributed by atoms with E-state index in [4.69, 9.17) is 34.2 Å². The normalized spacial score (nSPS) is 13.2. The predicted octanol–water partition coefficient (Wildman–Crippen LogP) is 4.23. The van der Waals surface area contributed by atoms with Gasteiger partial charge in [-0.3, -0.25) is 4.79 Å². The molecule has 0 saturated heterocycles. The highest BCUT2D eigenvalue weighted by Gasteiger charge is 2.30. The molecule has 0 aliphatic heterocycles. The highest BCUT2D eigenvalue weighted by molar-refractivity contribution is 5.75. The smallest absolute Gasteiger partial charge is 0.480 e. The van der Waals surface area contributed by atoms with Crippen LogP contribution in [0.2, 0.25) is 0 Å². The van der Waals surface area contributed by atoms with Crippen LogP contribution in [0.1, 0.15) is 58.9 Å². The van der Waals surface area contributed by atoms with Gasteiger partial charge in [0.2, 0.25) is 0 Å². The van der Waals surface area contributed by atoms with E-state index < -0.39 is 42.5 Å². The summed E-state index contributed by atoms with van der Waals surface area (Å²) < 4.78 is 30.0. The van der Waals surface area contributed by atoms with Gasteiger partial charge in [0, 0.05) is 5.92 Å². The number of ether oxygens (including phenoxy) is 6. The number of hydrogen-bond donors (Lipinski definition) is 2. The standard InChI is InChI=1S/C24H35NO11/c1-6-31-22(28)35-18-9-8-16(13-19(18)36-23(29)32-7-2)17(20(25)21(26)27)12-15(5)34-24(30)33-11-10-14(3)4/h8-9,13-15,17,20H,6-7,10-12,25H2,1-5H3,(H,26,27)/t15?,17?,20-/m0/s1. The Kier molecular flexibility index (Phi) is 13.1. The molecule has 0 saturated carbocycles. The molecule has 0 aliphatic carbocycles. The molecule has 12 heteroatoms. The molecule has 1 rings (SSSR count). The van der Waals surface area contributed by atoms with E-state index in [0.717, 1.165) is 0 Å². The van der Waals surface area contributed by atoms with Crippen molar-refractivity contribution >= 4 is 24.4 Å². The minimum Gasteiger partial charge on any atom is -0.480 e. The molecule has 0 aliphatic rings. The summed E-state index contributed by atoms with van der Waals surface area (Å²) in [6, 6.07) is 2.65. The van der Waals surface area contributed by atoms with Crippen LogP contribution < -0.4 is 15.2 Å². The second kappa shape index (κ2) is 15.5. The van der Waals surface area contributed by atoms with E-state index in [1.165, 1.54) is 18.2 Å². The van der Waals surface area contributed by atoms with Gasteiger partial charge in [0.05, 0.1) is 19.8 Å². The Labute approximate surface area is 209 Å². The molecule has 36 heavy (non-hydrogen) atoms. The van der Waals surface area contributed by atoms with Crippen LogP contribution in [0.15, 0.2) is 18.2 Å². The van der Waals surface area contributed by atoms with Gasteiger partial charge in [-0.25, -0.2) is 14.4 Å². The Morgan fingerprint density at radius 3 is 2.00 bits per heavy atom. The summed E-state index contributed by atoms with van der Waals surface area (Å²) in [5.74, 6) is -2.22. The van der Waals surface area contributed by atoms with Gasteiger partial charge in [-0.05, 0) is 57.2 Å². The van der Waals surface area contributed by atoms with Crippen molar-refractivity contribution in [1.29, 1.82) is 0 Å². The highest BCUT2D eigenvalue weighted by atomic mass is 16.7. The van der Waals surface area contributed by atoms with Crippen molar-refractivity contribution in [3.63, 3.8) is 0 Å². The summed E-state index contributed by atoms with van der Waals surface area (Å²) in [6.45, 7) is 8.97. The third-order valence-corrected chi connectivity index (χ3v) is 4.82. The van der Waals surface area contributed by atoms with E-state index in [9.17, 15) is 24.3 Å². The number of aliphatic carboxylic acids is 1. The lowest BCUT2D eigenvalue weighted by atomic mass is 9.87. The van der Waals surface area contributed by atoms with Gasteiger partial charge >= 0.3 is 24.4 Å². The van der Waals surface area contributed by atoms with Gasteiger partial charge in [-0.15, -0.1) is 0 Å². The molecular weight excluding hydrogens is 478 g/mol. The third kappa shape index (κ3) is 10.8. The molecule has 3 N–H and O–H groups in total. The lowest BCUT2D eigenvalue weighted by molar-refractivity contribution is -0.139. The molecule has 202 valence electrons. The van der Waals surface area contributed by atoms with Crippen LogP contribution in [0.4, 0.5) is 14.4 Å². The number of nitrogens with two attached hydrogens (primary N) is 1. The quantitative estimate of drug-likeness (QED) is 0.219. The lowest BCUT2D eigenvalue weighted by Crippen LogP contribution is -2.38. The molecule has 0 amide bonds. The van der Waals surface area contributed by atoms with Crippen LogP contribution in [0, 0.1) is 5.92 Å². The Morgan fingerprint density at radius 2 is 1.47 bits per heavy atom. The molecule has 1 aromatic carbocycles. The number of carbonyl (C=O) groups is 4. The summed E-state index contributed by atoms with van der Waals surface area (Å²) in [7, 11) is 0. The molecule has 0 aromatic heterocycles. The zero-order chi connectivity index (χ0) is 27.3. The zero-order valence-electron chi connectivity index (χ0n) is 21.2.